The van der Waals surface area contributed by atoms with Crippen molar-refractivity contribution in [3.63, 3.8) is 0 Å². The maximum absolute atomic E-state index is 9.83. The van der Waals surface area contributed by atoms with Crippen LogP contribution in [0.3, 0.4) is 0 Å². The molecule has 0 spiro atoms. The molecule has 0 saturated carbocycles. The molecule has 2 N–H and O–H groups in total. The molecule has 0 aromatic carbocycles. The SMILES string of the molecule is CN(C)N(N(C)C)[P+](O)(O)N(C)C. The van der Waals surface area contributed by atoms with Crippen molar-refractivity contribution < 1.29 is 9.79 Å². The van der Waals surface area contributed by atoms with Gasteiger partial charge in [0.05, 0.1) is 0 Å². The van der Waals surface area contributed by atoms with Gasteiger partial charge in [0, 0.05) is 47.2 Å². The van der Waals surface area contributed by atoms with Gasteiger partial charge in [0.25, 0.3) is 0 Å². The van der Waals surface area contributed by atoms with Gasteiger partial charge in [-0.3, -0.25) is 0 Å². The van der Waals surface area contributed by atoms with E-state index in [1.807, 2.05) is 0 Å². The molecular formula is C6H20N4O2P+. The topological polar surface area (TPSA) is 53.4 Å². The minimum atomic E-state index is -3.22. The predicted molar refractivity (Wildman–Crippen MR) is 54.3 cm³/mol. The van der Waals surface area contributed by atoms with Crippen molar-refractivity contribution in [3.05, 3.63) is 0 Å². The van der Waals surface area contributed by atoms with E-state index in [9.17, 15) is 9.79 Å². The van der Waals surface area contributed by atoms with E-state index in [1.54, 1.807) is 52.3 Å². The fraction of sp³-hybridized carbons (Fsp3) is 1.00. The first-order valence-electron chi connectivity index (χ1n) is 3.88. The molecule has 0 radical (unpaired) electrons. The Hall–Kier alpha value is 0.190. The molecule has 7 heteroatoms. The third-order valence-electron chi connectivity index (χ3n) is 1.49. The van der Waals surface area contributed by atoms with Crippen LogP contribution in [0.15, 0.2) is 0 Å². The Kier molecular flexibility index (Phi) is 4.68. The summed E-state index contributed by atoms with van der Waals surface area (Å²) in [7, 11) is 7.07. The summed E-state index contributed by atoms with van der Waals surface area (Å²) in [6, 6.07) is 0. The standard InChI is InChI=1S/C6H20N4O2P/c1-7(2)10(8(3)4)13(11,12)9(5)6/h11-12H,1-6H3/q+1. The molecule has 0 aliphatic heterocycles. The molecular weight excluding hydrogens is 191 g/mol. The molecule has 0 aromatic heterocycles. The van der Waals surface area contributed by atoms with E-state index in [0.717, 1.165) is 0 Å². The average Bonchev–Trinajstić information content (AvgIpc) is 1.82. The van der Waals surface area contributed by atoms with Gasteiger partial charge in [-0.2, -0.15) is 19.8 Å². The maximum Gasteiger partial charge on any atom is 0.461 e. The fourth-order valence-electron chi connectivity index (χ4n) is 0.998. The number of hydrogen-bond donors (Lipinski definition) is 2. The molecule has 0 rings (SSSR count). The van der Waals surface area contributed by atoms with Gasteiger partial charge in [-0.25, -0.2) is 0 Å². The van der Waals surface area contributed by atoms with E-state index in [-0.39, 0.29) is 0 Å². The van der Waals surface area contributed by atoms with Gasteiger partial charge in [0.2, 0.25) is 0 Å². The van der Waals surface area contributed by atoms with Crippen molar-refractivity contribution in [2.45, 2.75) is 0 Å². The molecule has 0 fully saturated rings. The second-order valence-corrected chi connectivity index (χ2v) is 5.58. The highest BCUT2D eigenvalue weighted by Crippen LogP contribution is 2.55. The Morgan fingerprint density at radius 2 is 1.08 bits per heavy atom. The van der Waals surface area contributed by atoms with Crippen LogP contribution in [-0.2, 0) is 0 Å². The lowest BCUT2D eigenvalue weighted by Gasteiger charge is -2.35. The average molecular weight is 211 g/mol. The molecule has 0 aliphatic rings. The monoisotopic (exact) mass is 211 g/mol. The third kappa shape index (κ3) is 3.11. The van der Waals surface area contributed by atoms with Crippen LogP contribution >= 0.6 is 8.02 Å². The summed E-state index contributed by atoms with van der Waals surface area (Å²) in [5.41, 5.74) is 0. The van der Waals surface area contributed by atoms with E-state index >= 15 is 0 Å². The molecule has 0 aliphatic carbocycles. The lowest BCUT2D eigenvalue weighted by Crippen LogP contribution is -2.48. The Labute approximate surface area is 80.5 Å². The zero-order valence-corrected chi connectivity index (χ0v) is 10.0. The Morgan fingerprint density at radius 3 is 1.15 bits per heavy atom. The predicted octanol–water partition coefficient (Wildman–Crippen LogP) is -0.535. The summed E-state index contributed by atoms with van der Waals surface area (Å²) < 4.78 is 1.41. The van der Waals surface area contributed by atoms with Gasteiger partial charge < -0.3 is 0 Å². The highest BCUT2D eigenvalue weighted by molar-refractivity contribution is 7.59. The van der Waals surface area contributed by atoms with E-state index in [0.29, 0.717) is 0 Å². The zero-order chi connectivity index (χ0) is 10.8. The van der Waals surface area contributed by atoms with Crippen molar-refractivity contribution in [3.8, 4) is 0 Å². The summed E-state index contributed by atoms with van der Waals surface area (Å²) in [5, 5.41) is 3.27. The molecule has 80 valence electrons. The molecule has 0 atom stereocenters. The highest BCUT2D eigenvalue weighted by Gasteiger charge is 2.49. The van der Waals surface area contributed by atoms with Gasteiger partial charge >= 0.3 is 8.02 Å². The minimum Gasteiger partial charge on any atom is -0.195 e. The summed E-state index contributed by atoms with van der Waals surface area (Å²) in [6.07, 6.45) is 0. The van der Waals surface area contributed by atoms with Crippen LogP contribution in [-0.4, -0.2) is 71.6 Å². The lowest BCUT2D eigenvalue weighted by molar-refractivity contribution is -0.0727. The summed E-state index contributed by atoms with van der Waals surface area (Å²) in [4.78, 5) is 21.1. The second-order valence-electron chi connectivity index (χ2n) is 3.35. The molecule has 0 aromatic rings. The zero-order valence-electron chi connectivity index (χ0n) is 9.13. The molecule has 0 amide bonds. The fourth-order valence-corrected chi connectivity index (χ4v) is 2.28. The lowest BCUT2D eigenvalue weighted by atomic mass is 11.1. The molecule has 13 heavy (non-hydrogen) atoms. The van der Waals surface area contributed by atoms with Crippen LogP contribution in [0.1, 0.15) is 0 Å². The molecule has 0 saturated heterocycles. The molecule has 0 heterocycles. The smallest absolute Gasteiger partial charge is 0.195 e. The Balaban J connectivity index is 4.73. The Bertz CT molecular complexity index is 155. The molecule has 0 bridgehead atoms. The van der Waals surface area contributed by atoms with Crippen LogP contribution in [0, 0.1) is 0 Å². The van der Waals surface area contributed by atoms with Crippen LogP contribution in [0.4, 0.5) is 0 Å². The first-order valence-corrected chi connectivity index (χ1v) is 5.48. The Morgan fingerprint density at radius 1 is 0.769 bits per heavy atom. The van der Waals surface area contributed by atoms with E-state index in [4.69, 9.17) is 0 Å². The van der Waals surface area contributed by atoms with Gasteiger partial charge in [-0.15, -0.1) is 4.67 Å². The number of hydrazine groups is 2. The highest BCUT2D eigenvalue weighted by atomic mass is 31.2. The van der Waals surface area contributed by atoms with Gasteiger partial charge in [0.1, 0.15) is 0 Å². The minimum absolute atomic E-state index is 1.41. The van der Waals surface area contributed by atoms with Crippen molar-refractivity contribution >= 4 is 8.02 Å². The van der Waals surface area contributed by atoms with Gasteiger partial charge in [-0.1, -0.05) is 0 Å². The number of rotatable bonds is 4. The van der Waals surface area contributed by atoms with Gasteiger partial charge in [-0.05, 0) is 0 Å². The number of hydrogen-bond acceptors (Lipinski definition) is 6. The normalized spacial score (nSPS) is 13.8. The summed E-state index contributed by atoms with van der Waals surface area (Å²) in [6.45, 7) is 0. The quantitative estimate of drug-likeness (QED) is 0.481. The van der Waals surface area contributed by atoms with Gasteiger partial charge in [0.15, 0.2) is 0 Å². The first-order chi connectivity index (χ1) is 5.71. The van der Waals surface area contributed by atoms with Crippen molar-refractivity contribution in [2.75, 3.05) is 42.3 Å². The maximum atomic E-state index is 9.83. The van der Waals surface area contributed by atoms with Crippen LogP contribution < -0.4 is 0 Å². The van der Waals surface area contributed by atoms with Crippen LogP contribution in [0.2, 0.25) is 0 Å². The summed E-state index contributed by atoms with van der Waals surface area (Å²) in [5.74, 6) is 0. The molecule has 6 nitrogen and oxygen atoms in total. The van der Waals surface area contributed by atoms with Crippen molar-refractivity contribution in [2.24, 2.45) is 0 Å². The first kappa shape index (κ1) is 13.2. The van der Waals surface area contributed by atoms with E-state index in [2.05, 4.69) is 0 Å². The summed E-state index contributed by atoms with van der Waals surface area (Å²) >= 11 is 0. The second kappa shape index (κ2) is 4.61. The van der Waals surface area contributed by atoms with E-state index in [1.165, 1.54) is 9.56 Å². The molecule has 0 unspecified atom stereocenters. The van der Waals surface area contributed by atoms with Crippen molar-refractivity contribution in [1.29, 1.82) is 0 Å². The van der Waals surface area contributed by atoms with Crippen LogP contribution in [0.5, 0.6) is 0 Å². The largest absolute Gasteiger partial charge is 0.461 e. The van der Waals surface area contributed by atoms with Crippen molar-refractivity contribution in [1.82, 2.24) is 19.6 Å². The van der Waals surface area contributed by atoms with E-state index < -0.39 is 8.02 Å². The number of nitrogens with zero attached hydrogens (tertiary/aromatic N) is 4. The van der Waals surface area contributed by atoms with Crippen LogP contribution in [0.25, 0.3) is 0 Å². The third-order valence-corrected chi connectivity index (χ3v) is 3.76.